The maximum absolute atomic E-state index is 12.5. The highest BCUT2D eigenvalue weighted by Crippen LogP contribution is 2.33. The predicted octanol–water partition coefficient (Wildman–Crippen LogP) is 4.54. The first-order valence-corrected chi connectivity index (χ1v) is 8.32. The normalized spacial score (nSPS) is 15.0. The fourth-order valence-electron chi connectivity index (χ4n) is 3.14. The standard InChI is InChI=1S/C19H15F3N4O2/c1-10-5-6-13-14(7-10)25-18(24-13)16-15(27)9-26(17(16)23)11-3-2-4-12(8-11)28-19(20,21)22/h2-8,23,27H,9H2,1H3,(H,24,25). The Kier molecular flexibility index (Phi) is 4.02. The summed E-state index contributed by atoms with van der Waals surface area (Å²) >= 11 is 0. The van der Waals surface area contributed by atoms with E-state index in [1.807, 2.05) is 25.1 Å². The number of halogens is 3. The number of alkyl halides is 3. The summed E-state index contributed by atoms with van der Waals surface area (Å²) in [6, 6.07) is 10.9. The first-order chi connectivity index (χ1) is 13.2. The average molecular weight is 388 g/mol. The van der Waals surface area contributed by atoms with Crippen molar-refractivity contribution in [2.24, 2.45) is 0 Å². The molecule has 9 heteroatoms. The quantitative estimate of drug-likeness (QED) is 0.615. The Morgan fingerprint density at radius 2 is 2.00 bits per heavy atom. The van der Waals surface area contributed by atoms with Crippen LogP contribution in [0.4, 0.5) is 18.9 Å². The topological polar surface area (TPSA) is 85.2 Å². The number of amidine groups is 1. The van der Waals surface area contributed by atoms with Crippen LogP contribution in [-0.4, -0.2) is 33.8 Å². The summed E-state index contributed by atoms with van der Waals surface area (Å²) in [6.45, 7) is 1.88. The smallest absolute Gasteiger partial charge is 0.509 e. The Morgan fingerprint density at radius 3 is 2.75 bits per heavy atom. The SMILES string of the molecule is Cc1ccc2nc(C3=C(O)CN(c4cccc(OC(F)(F)F)c4)C3=N)[nH]c2c1. The Labute approximate surface area is 157 Å². The van der Waals surface area contributed by atoms with E-state index < -0.39 is 12.1 Å². The van der Waals surface area contributed by atoms with Crippen molar-refractivity contribution in [3.63, 3.8) is 0 Å². The lowest BCUT2D eigenvalue weighted by Crippen LogP contribution is -2.26. The molecule has 1 aliphatic heterocycles. The van der Waals surface area contributed by atoms with Crippen LogP contribution < -0.4 is 9.64 Å². The van der Waals surface area contributed by atoms with Crippen molar-refractivity contribution in [3.05, 3.63) is 59.6 Å². The number of nitrogens with one attached hydrogen (secondary N) is 2. The highest BCUT2D eigenvalue weighted by molar-refractivity contribution is 6.30. The number of hydrogen-bond acceptors (Lipinski definition) is 4. The van der Waals surface area contributed by atoms with Gasteiger partial charge in [0.05, 0.1) is 23.2 Å². The second-order valence-electron chi connectivity index (χ2n) is 6.41. The molecule has 0 radical (unpaired) electrons. The number of aliphatic hydroxyl groups is 1. The molecule has 3 aromatic rings. The third-order valence-corrected chi connectivity index (χ3v) is 4.34. The second-order valence-corrected chi connectivity index (χ2v) is 6.41. The predicted molar refractivity (Wildman–Crippen MR) is 98.6 cm³/mol. The van der Waals surface area contributed by atoms with Crippen molar-refractivity contribution in [3.8, 4) is 5.75 Å². The van der Waals surface area contributed by atoms with Crippen LogP contribution >= 0.6 is 0 Å². The number of nitrogens with zero attached hydrogens (tertiary/aromatic N) is 2. The van der Waals surface area contributed by atoms with E-state index in [4.69, 9.17) is 5.41 Å². The van der Waals surface area contributed by atoms with Gasteiger partial charge >= 0.3 is 6.36 Å². The van der Waals surface area contributed by atoms with Gasteiger partial charge in [0, 0.05) is 11.8 Å². The largest absolute Gasteiger partial charge is 0.573 e. The molecule has 0 atom stereocenters. The van der Waals surface area contributed by atoms with Gasteiger partial charge in [0.2, 0.25) is 0 Å². The average Bonchev–Trinajstić information content (AvgIpc) is 3.13. The number of ether oxygens (including phenoxy) is 1. The second kappa shape index (κ2) is 6.29. The van der Waals surface area contributed by atoms with Crippen LogP contribution in [0, 0.1) is 12.3 Å². The Balaban J connectivity index is 1.65. The number of aromatic amines is 1. The van der Waals surface area contributed by atoms with Gasteiger partial charge in [-0.25, -0.2) is 4.98 Å². The van der Waals surface area contributed by atoms with Crippen LogP contribution in [0.2, 0.25) is 0 Å². The molecule has 0 fully saturated rings. The molecule has 144 valence electrons. The third kappa shape index (κ3) is 3.26. The summed E-state index contributed by atoms with van der Waals surface area (Å²) in [4.78, 5) is 8.88. The van der Waals surface area contributed by atoms with Crippen LogP contribution in [0.25, 0.3) is 16.6 Å². The van der Waals surface area contributed by atoms with Crippen molar-refractivity contribution in [1.29, 1.82) is 5.41 Å². The summed E-state index contributed by atoms with van der Waals surface area (Å²) in [6.07, 6.45) is -4.81. The van der Waals surface area contributed by atoms with Crippen LogP contribution in [0.15, 0.2) is 48.2 Å². The molecule has 1 aliphatic rings. The van der Waals surface area contributed by atoms with Gasteiger partial charge < -0.3 is 19.7 Å². The van der Waals surface area contributed by atoms with Crippen molar-refractivity contribution in [1.82, 2.24) is 9.97 Å². The van der Waals surface area contributed by atoms with Crippen molar-refractivity contribution in [2.75, 3.05) is 11.4 Å². The first-order valence-electron chi connectivity index (χ1n) is 8.32. The lowest BCUT2D eigenvalue weighted by Gasteiger charge is -2.19. The molecule has 4 rings (SSSR count). The van der Waals surface area contributed by atoms with Crippen LogP contribution in [0.3, 0.4) is 0 Å². The minimum absolute atomic E-state index is 0.0558. The number of benzene rings is 2. The summed E-state index contributed by atoms with van der Waals surface area (Å²) in [5.41, 5.74) is 2.98. The van der Waals surface area contributed by atoms with E-state index in [1.54, 1.807) is 0 Å². The number of aryl methyl sites for hydroxylation is 1. The molecular weight excluding hydrogens is 373 g/mol. The minimum Gasteiger partial charge on any atom is -0.509 e. The number of fused-ring (bicyclic) bond motifs is 1. The molecule has 0 amide bonds. The molecule has 6 nitrogen and oxygen atoms in total. The number of rotatable bonds is 3. The molecule has 28 heavy (non-hydrogen) atoms. The van der Waals surface area contributed by atoms with E-state index in [0.29, 0.717) is 17.0 Å². The van der Waals surface area contributed by atoms with E-state index >= 15 is 0 Å². The molecule has 2 aromatic carbocycles. The van der Waals surface area contributed by atoms with Gasteiger partial charge in [-0.3, -0.25) is 5.41 Å². The third-order valence-electron chi connectivity index (χ3n) is 4.34. The van der Waals surface area contributed by atoms with Gasteiger partial charge in [0.25, 0.3) is 0 Å². The highest BCUT2D eigenvalue weighted by Gasteiger charge is 2.33. The van der Waals surface area contributed by atoms with Crippen molar-refractivity contribution >= 4 is 28.1 Å². The zero-order valence-corrected chi connectivity index (χ0v) is 14.6. The lowest BCUT2D eigenvalue weighted by atomic mass is 10.2. The molecule has 0 bridgehead atoms. The summed E-state index contributed by atoms with van der Waals surface area (Å²) < 4.78 is 41.3. The van der Waals surface area contributed by atoms with Crippen LogP contribution in [0.5, 0.6) is 5.75 Å². The molecule has 0 spiro atoms. The van der Waals surface area contributed by atoms with Gasteiger partial charge in [-0.05, 0) is 36.8 Å². The van der Waals surface area contributed by atoms with Gasteiger partial charge in [-0.15, -0.1) is 13.2 Å². The Hall–Kier alpha value is -3.49. The first kappa shape index (κ1) is 17.9. The summed E-state index contributed by atoms with van der Waals surface area (Å²) in [5.74, 6) is -0.237. The van der Waals surface area contributed by atoms with Gasteiger partial charge in [-0.1, -0.05) is 12.1 Å². The van der Waals surface area contributed by atoms with Gasteiger partial charge in [-0.2, -0.15) is 0 Å². The number of anilines is 1. The number of hydrogen-bond donors (Lipinski definition) is 3. The number of aromatic nitrogens is 2. The number of imidazole rings is 1. The zero-order valence-electron chi connectivity index (χ0n) is 14.6. The van der Waals surface area contributed by atoms with Crippen LogP contribution in [-0.2, 0) is 0 Å². The number of H-pyrrole nitrogens is 1. The monoisotopic (exact) mass is 388 g/mol. The minimum atomic E-state index is -4.81. The molecule has 0 saturated heterocycles. The molecular formula is C19H15F3N4O2. The van der Waals surface area contributed by atoms with Gasteiger partial charge in [0.1, 0.15) is 23.2 Å². The maximum atomic E-state index is 12.5. The summed E-state index contributed by atoms with van der Waals surface area (Å²) in [7, 11) is 0. The van der Waals surface area contributed by atoms with E-state index in [2.05, 4.69) is 14.7 Å². The molecule has 0 aliphatic carbocycles. The lowest BCUT2D eigenvalue weighted by molar-refractivity contribution is -0.274. The Bertz CT molecular complexity index is 1120. The number of aliphatic hydroxyl groups excluding tert-OH is 1. The summed E-state index contributed by atoms with van der Waals surface area (Å²) in [5, 5.41) is 18.8. The maximum Gasteiger partial charge on any atom is 0.573 e. The molecule has 0 saturated carbocycles. The van der Waals surface area contributed by atoms with Crippen LogP contribution in [0.1, 0.15) is 11.4 Å². The molecule has 0 unspecified atom stereocenters. The molecule has 1 aromatic heterocycles. The fourth-order valence-corrected chi connectivity index (χ4v) is 3.14. The van der Waals surface area contributed by atoms with Crippen molar-refractivity contribution < 1.29 is 23.0 Å². The molecule has 2 heterocycles. The van der Waals surface area contributed by atoms with Gasteiger partial charge in [0.15, 0.2) is 0 Å². The Morgan fingerprint density at radius 1 is 1.21 bits per heavy atom. The van der Waals surface area contributed by atoms with E-state index in [-0.39, 0.29) is 23.7 Å². The van der Waals surface area contributed by atoms with E-state index in [1.165, 1.54) is 29.2 Å². The zero-order chi connectivity index (χ0) is 20.1. The van der Waals surface area contributed by atoms with Crippen molar-refractivity contribution in [2.45, 2.75) is 13.3 Å². The highest BCUT2D eigenvalue weighted by atomic mass is 19.4. The fraction of sp³-hybridized carbons (Fsp3) is 0.158. The van der Waals surface area contributed by atoms with E-state index in [0.717, 1.165) is 11.1 Å². The van der Waals surface area contributed by atoms with E-state index in [9.17, 15) is 18.3 Å². The molecule has 3 N–H and O–H groups in total.